The first-order valence-corrected chi connectivity index (χ1v) is 7.83. The molecule has 0 aliphatic carbocycles. The lowest BCUT2D eigenvalue weighted by atomic mass is 10.2. The molecule has 2 rings (SSSR count). The molecule has 0 aliphatic heterocycles. The third kappa shape index (κ3) is 4.94. The van der Waals surface area contributed by atoms with Crippen LogP contribution in [0.3, 0.4) is 0 Å². The SMILES string of the molecule is N#Cc1ccc(N(N)/C=C(\N)CNCc2ccc(Cl)s2)c(F)c1. The maximum Gasteiger partial charge on any atom is 0.149 e. The predicted octanol–water partition coefficient (Wildman–Crippen LogP) is 2.68. The minimum absolute atomic E-state index is 0.136. The molecule has 23 heavy (non-hydrogen) atoms. The summed E-state index contributed by atoms with van der Waals surface area (Å²) in [5.41, 5.74) is 6.68. The Kier molecular flexibility index (Phi) is 5.96. The lowest BCUT2D eigenvalue weighted by molar-refractivity contribution is 0.624. The van der Waals surface area contributed by atoms with Crippen LogP contribution in [0.1, 0.15) is 10.4 Å². The Labute approximate surface area is 142 Å². The standard InChI is InChI=1S/C15H15ClFN5S/c16-15-4-2-12(23-15)8-21-7-11(19)9-22(20)14-3-1-10(6-18)5-13(14)17/h1-5,9,21H,7-8,19-20H2/b11-9-. The number of thiophene rings is 1. The third-order valence-electron chi connectivity index (χ3n) is 2.92. The molecule has 0 radical (unpaired) electrons. The van der Waals surface area contributed by atoms with Gasteiger partial charge in [-0.05, 0) is 30.3 Å². The van der Waals surface area contributed by atoms with Crippen LogP contribution in [-0.4, -0.2) is 6.54 Å². The van der Waals surface area contributed by atoms with Crippen LogP contribution < -0.4 is 21.9 Å². The van der Waals surface area contributed by atoms with Crippen LogP contribution in [0.5, 0.6) is 0 Å². The minimum atomic E-state index is -0.586. The molecule has 0 saturated carbocycles. The molecular formula is C15H15ClFN5S. The minimum Gasteiger partial charge on any atom is -0.400 e. The van der Waals surface area contributed by atoms with Gasteiger partial charge in [-0.15, -0.1) is 11.3 Å². The molecule has 0 unspecified atom stereocenters. The average molecular weight is 352 g/mol. The van der Waals surface area contributed by atoms with Crippen molar-refractivity contribution in [2.75, 3.05) is 11.6 Å². The molecule has 0 saturated heterocycles. The largest absolute Gasteiger partial charge is 0.400 e. The van der Waals surface area contributed by atoms with Crippen molar-refractivity contribution in [3.63, 3.8) is 0 Å². The third-order valence-corrected chi connectivity index (χ3v) is 4.15. The van der Waals surface area contributed by atoms with Crippen molar-refractivity contribution in [1.29, 1.82) is 5.26 Å². The van der Waals surface area contributed by atoms with Crippen LogP contribution in [0.15, 0.2) is 42.2 Å². The molecule has 1 heterocycles. The molecule has 0 atom stereocenters. The van der Waals surface area contributed by atoms with E-state index in [0.717, 1.165) is 20.3 Å². The number of hydrazine groups is 1. The zero-order chi connectivity index (χ0) is 16.8. The van der Waals surface area contributed by atoms with E-state index in [0.29, 0.717) is 18.8 Å². The first-order valence-electron chi connectivity index (χ1n) is 6.64. The van der Waals surface area contributed by atoms with E-state index in [-0.39, 0.29) is 11.3 Å². The summed E-state index contributed by atoms with van der Waals surface area (Å²) in [7, 11) is 0. The molecule has 0 fully saturated rings. The number of halogens is 2. The van der Waals surface area contributed by atoms with E-state index in [1.165, 1.54) is 29.7 Å². The van der Waals surface area contributed by atoms with Gasteiger partial charge in [-0.3, -0.25) is 5.01 Å². The van der Waals surface area contributed by atoms with E-state index in [4.69, 9.17) is 28.4 Å². The van der Waals surface area contributed by atoms with E-state index >= 15 is 0 Å². The van der Waals surface area contributed by atoms with Crippen LogP contribution in [0, 0.1) is 17.1 Å². The Morgan fingerprint density at radius 1 is 1.43 bits per heavy atom. The second-order valence-electron chi connectivity index (χ2n) is 4.70. The number of nitriles is 1. The second kappa shape index (κ2) is 7.94. The van der Waals surface area contributed by atoms with Gasteiger partial charge in [0.2, 0.25) is 0 Å². The summed E-state index contributed by atoms with van der Waals surface area (Å²) in [6.45, 7) is 1.02. The molecule has 0 spiro atoms. The van der Waals surface area contributed by atoms with Gasteiger partial charge in [0, 0.05) is 29.9 Å². The zero-order valence-electron chi connectivity index (χ0n) is 12.1. The van der Waals surface area contributed by atoms with Gasteiger partial charge in [-0.1, -0.05) is 11.6 Å². The number of anilines is 1. The predicted molar refractivity (Wildman–Crippen MR) is 91.1 cm³/mol. The molecule has 0 bridgehead atoms. The molecule has 5 nitrogen and oxygen atoms in total. The van der Waals surface area contributed by atoms with Crippen molar-refractivity contribution in [3.05, 3.63) is 62.8 Å². The van der Waals surface area contributed by atoms with Crippen LogP contribution in [0.25, 0.3) is 0 Å². The molecule has 0 amide bonds. The first-order chi connectivity index (χ1) is 11.0. The fourth-order valence-electron chi connectivity index (χ4n) is 1.86. The van der Waals surface area contributed by atoms with E-state index in [2.05, 4.69) is 5.32 Å². The molecule has 5 N–H and O–H groups in total. The Balaban J connectivity index is 1.93. The normalized spacial score (nSPS) is 11.3. The topological polar surface area (TPSA) is 91.1 Å². The molecule has 1 aromatic carbocycles. The highest BCUT2D eigenvalue weighted by atomic mass is 35.5. The number of nitrogens with one attached hydrogen (secondary N) is 1. The van der Waals surface area contributed by atoms with E-state index < -0.39 is 5.82 Å². The van der Waals surface area contributed by atoms with Gasteiger partial charge in [-0.2, -0.15) is 5.26 Å². The lowest BCUT2D eigenvalue weighted by Gasteiger charge is -2.16. The van der Waals surface area contributed by atoms with Gasteiger partial charge in [0.25, 0.3) is 0 Å². The fourth-order valence-corrected chi connectivity index (χ4v) is 2.91. The highest BCUT2D eigenvalue weighted by molar-refractivity contribution is 7.16. The van der Waals surface area contributed by atoms with Crippen LogP contribution in [-0.2, 0) is 6.54 Å². The van der Waals surface area contributed by atoms with Gasteiger partial charge < -0.3 is 11.1 Å². The van der Waals surface area contributed by atoms with Crippen molar-refractivity contribution < 1.29 is 4.39 Å². The summed E-state index contributed by atoms with van der Waals surface area (Å²) in [6, 6.07) is 9.66. The zero-order valence-corrected chi connectivity index (χ0v) is 13.7. The summed E-state index contributed by atoms with van der Waals surface area (Å²) in [5.74, 6) is 5.20. The molecule has 2 aromatic rings. The maximum atomic E-state index is 13.8. The van der Waals surface area contributed by atoms with Crippen molar-refractivity contribution in [3.8, 4) is 6.07 Å². The van der Waals surface area contributed by atoms with Gasteiger partial charge in [0.05, 0.1) is 21.7 Å². The Morgan fingerprint density at radius 3 is 2.83 bits per heavy atom. The summed E-state index contributed by atoms with van der Waals surface area (Å²) in [6.07, 6.45) is 1.43. The number of hydrogen-bond donors (Lipinski definition) is 3. The van der Waals surface area contributed by atoms with Crippen molar-refractivity contribution in [1.82, 2.24) is 5.32 Å². The number of benzene rings is 1. The Bertz CT molecular complexity index is 753. The van der Waals surface area contributed by atoms with E-state index in [1.807, 2.05) is 18.2 Å². The number of nitrogens with zero attached hydrogens (tertiary/aromatic N) is 2. The summed E-state index contributed by atoms with van der Waals surface area (Å²) in [5, 5.41) is 13.0. The molecule has 8 heteroatoms. The monoisotopic (exact) mass is 351 g/mol. The smallest absolute Gasteiger partial charge is 0.149 e. The Morgan fingerprint density at radius 2 is 2.22 bits per heavy atom. The van der Waals surface area contributed by atoms with Crippen LogP contribution in [0.2, 0.25) is 4.34 Å². The lowest BCUT2D eigenvalue weighted by Crippen LogP contribution is -2.29. The number of nitrogens with two attached hydrogens (primary N) is 2. The quantitative estimate of drug-likeness (QED) is 0.549. The van der Waals surface area contributed by atoms with Gasteiger partial charge in [0.1, 0.15) is 5.82 Å². The Hall–Kier alpha value is -2.11. The molecule has 1 aromatic heterocycles. The highest BCUT2D eigenvalue weighted by Crippen LogP contribution is 2.21. The van der Waals surface area contributed by atoms with Gasteiger partial charge in [-0.25, -0.2) is 10.2 Å². The first kappa shape index (κ1) is 17.2. The molecule has 120 valence electrons. The number of hydrogen-bond acceptors (Lipinski definition) is 6. The van der Waals surface area contributed by atoms with E-state index in [1.54, 1.807) is 0 Å². The van der Waals surface area contributed by atoms with Gasteiger partial charge >= 0.3 is 0 Å². The fraction of sp³-hybridized carbons (Fsp3) is 0.133. The molecular weight excluding hydrogens is 337 g/mol. The van der Waals surface area contributed by atoms with Crippen LogP contribution in [0.4, 0.5) is 10.1 Å². The number of rotatable bonds is 6. The van der Waals surface area contributed by atoms with Gasteiger partial charge in [0.15, 0.2) is 0 Å². The van der Waals surface area contributed by atoms with Crippen molar-refractivity contribution >= 4 is 28.6 Å². The van der Waals surface area contributed by atoms with Crippen LogP contribution >= 0.6 is 22.9 Å². The average Bonchev–Trinajstić information content (AvgIpc) is 2.92. The molecule has 0 aliphatic rings. The second-order valence-corrected chi connectivity index (χ2v) is 6.50. The van der Waals surface area contributed by atoms with Crippen molar-refractivity contribution in [2.45, 2.75) is 6.54 Å². The maximum absolute atomic E-state index is 13.8. The summed E-state index contributed by atoms with van der Waals surface area (Å²) < 4.78 is 14.6. The van der Waals surface area contributed by atoms with E-state index in [9.17, 15) is 4.39 Å². The highest BCUT2D eigenvalue weighted by Gasteiger charge is 2.08. The summed E-state index contributed by atoms with van der Waals surface area (Å²) >= 11 is 7.34. The summed E-state index contributed by atoms with van der Waals surface area (Å²) in [4.78, 5) is 1.09. The van der Waals surface area contributed by atoms with Crippen molar-refractivity contribution in [2.24, 2.45) is 11.6 Å².